The first-order chi connectivity index (χ1) is 10.7. The Morgan fingerprint density at radius 3 is 2.35 bits per heavy atom. The molecule has 0 bridgehead atoms. The zero-order valence-corrected chi connectivity index (χ0v) is 13.2. The van der Waals surface area contributed by atoms with Crippen LogP contribution in [0.4, 0.5) is 0 Å². The smallest absolute Gasteiger partial charge is 0.328 e. The number of benzene rings is 1. The van der Waals surface area contributed by atoms with Gasteiger partial charge >= 0.3 is 5.97 Å². The number of rotatable bonds is 4. The van der Waals surface area contributed by atoms with E-state index in [0.29, 0.717) is 0 Å². The Kier molecular flexibility index (Phi) is 4.49. The first-order valence-electron chi connectivity index (χ1n) is 7.11. The largest absolute Gasteiger partial charge is 0.456 e. The number of Topliss-reactive ketones (excluding diaryl/α,β-unsaturated/α-hetero) is 1. The van der Waals surface area contributed by atoms with Crippen LogP contribution >= 0.6 is 0 Å². The maximum absolute atomic E-state index is 12.2. The summed E-state index contributed by atoms with van der Waals surface area (Å²) in [6, 6.07) is 6.32. The SMILES string of the molecule is CC(C)(C)C(=O)COC(=O)Cn1[nH]c(=O)c2ccccc2c1=O. The summed E-state index contributed by atoms with van der Waals surface area (Å²) in [6.45, 7) is 4.32. The van der Waals surface area contributed by atoms with E-state index in [1.165, 1.54) is 12.1 Å². The van der Waals surface area contributed by atoms with Crippen LogP contribution in [0.5, 0.6) is 0 Å². The number of H-pyrrole nitrogens is 1. The molecule has 0 saturated carbocycles. The van der Waals surface area contributed by atoms with Gasteiger partial charge in [0, 0.05) is 5.41 Å². The number of esters is 1. The Bertz CT molecular complexity index is 870. The third kappa shape index (κ3) is 3.74. The lowest BCUT2D eigenvalue weighted by molar-refractivity contribution is -0.150. The van der Waals surface area contributed by atoms with Crippen molar-refractivity contribution in [1.82, 2.24) is 9.78 Å². The molecule has 0 spiro atoms. The molecular formula is C16H18N2O5. The third-order valence-corrected chi connectivity index (χ3v) is 3.37. The van der Waals surface area contributed by atoms with Crippen LogP contribution in [0.15, 0.2) is 33.9 Å². The van der Waals surface area contributed by atoms with E-state index in [2.05, 4.69) is 5.10 Å². The maximum atomic E-state index is 12.2. The molecular weight excluding hydrogens is 300 g/mol. The highest BCUT2D eigenvalue weighted by atomic mass is 16.5. The zero-order chi connectivity index (χ0) is 17.2. The van der Waals surface area contributed by atoms with Crippen molar-refractivity contribution in [1.29, 1.82) is 0 Å². The number of aromatic nitrogens is 2. The number of nitrogens with zero attached hydrogens (tertiary/aromatic N) is 1. The van der Waals surface area contributed by atoms with Gasteiger partial charge in [0.1, 0.15) is 6.54 Å². The summed E-state index contributed by atoms with van der Waals surface area (Å²) >= 11 is 0. The van der Waals surface area contributed by atoms with E-state index in [1.807, 2.05) is 0 Å². The van der Waals surface area contributed by atoms with Gasteiger partial charge in [0.2, 0.25) is 0 Å². The van der Waals surface area contributed by atoms with Crippen molar-refractivity contribution in [2.45, 2.75) is 27.3 Å². The molecule has 23 heavy (non-hydrogen) atoms. The fourth-order valence-electron chi connectivity index (χ4n) is 1.90. The molecule has 2 aromatic rings. The lowest BCUT2D eigenvalue weighted by Gasteiger charge is -2.16. The summed E-state index contributed by atoms with van der Waals surface area (Å²) in [5, 5.41) is 2.80. The average molecular weight is 318 g/mol. The van der Waals surface area contributed by atoms with Gasteiger partial charge in [0.25, 0.3) is 11.1 Å². The number of fused-ring (bicyclic) bond motifs is 1. The van der Waals surface area contributed by atoms with E-state index in [-0.39, 0.29) is 23.2 Å². The van der Waals surface area contributed by atoms with Crippen LogP contribution in [0.1, 0.15) is 20.8 Å². The Morgan fingerprint density at radius 2 is 1.74 bits per heavy atom. The highest BCUT2D eigenvalue weighted by Gasteiger charge is 2.22. The first-order valence-corrected chi connectivity index (χ1v) is 7.11. The fourth-order valence-corrected chi connectivity index (χ4v) is 1.90. The topological polar surface area (TPSA) is 98.2 Å². The third-order valence-electron chi connectivity index (χ3n) is 3.37. The normalized spacial score (nSPS) is 11.4. The molecule has 0 fully saturated rings. The number of nitrogens with one attached hydrogen (secondary N) is 1. The van der Waals surface area contributed by atoms with Crippen LogP contribution in [0.25, 0.3) is 10.8 Å². The summed E-state index contributed by atoms with van der Waals surface area (Å²) in [5.74, 6) is -0.999. The number of ketones is 1. The summed E-state index contributed by atoms with van der Waals surface area (Å²) in [6.07, 6.45) is 0. The van der Waals surface area contributed by atoms with Gasteiger partial charge in [-0.2, -0.15) is 0 Å². The van der Waals surface area contributed by atoms with Gasteiger partial charge in [-0.15, -0.1) is 0 Å². The molecule has 7 heteroatoms. The minimum absolute atomic E-state index is 0.217. The second kappa shape index (κ2) is 6.20. The minimum atomic E-state index is -0.768. The highest BCUT2D eigenvalue weighted by Crippen LogP contribution is 2.14. The van der Waals surface area contributed by atoms with E-state index in [1.54, 1.807) is 32.9 Å². The molecule has 1 heterocycles. The van der Waals surface area contributed by atoms with Gasteiger partial charge < -0.3 is 4.74 Å². The lowest BCUT2D eigenvalue weighted by Crippen LogP contribution is -2.34. The van der Waals surface area contributed by atoms with Gasteiger partial charge in [-0.05, 0) is 12.1 Å². The van der Waals surface area contributed by atoms with E-state index < -0.39 is 29.0 Å². The van der Waals surface area contributed by atoms with Gasteiger partial charge in [0.15, 0.2) is 12.4 Å². The number of hydrogen-bond acceptors (Lipinski definition) is 5. The molecule has 0 amide bonds. The Balaban J connectivity index is 2.18. The summed E-state index contributed by atoms with van der Waals surface area (Å²) < 4.78 is 5.75. The molecule has 0 aliphatic carbocycles. The average Bonchev–Trinajstić information content (AvgIpc) is 2.49. The number of carbonyl (C=O) groups is 2. The van der Waals surface area contributed by atoms with Crippen LogP contribution < -0.4 is 11.1 Å². The van der Waals surface area contributed by atoms with Crippen LogP contribution in [0, 0.1) is 5.41 Å². The van der Waals surface area contributed by atoms with Crippen molar-refractivity contribution in [2.24, 2.45) is 5.41 Å². The molecule has 0 unspecified atom stereocenters. The zero-order valence-electron chi connectivity index (χ0n) is 13.2. The predicted octanol–water partition coefficient (Wildman–Crippen LogP) is 0.848. The lowest BCUT2D eigenvalue weighted by atomic mass is 9.91. The molecule has 7 nitrogen and oxygen atoms in total. The fraction of sp³-hybridized carbons (Fsp3) is 0.375. The quantitative estimate of drug-likeness (QED) is 0.843. The minimum Gasteiger partial charge on any atom is -0.456 e. The summed E-state index contributed by atoms with van der Waals surface area (Å²) in [7, 11) is 0. The molecule has 1 N–H and O–H groups in total. The maximum Gasteiger partial charge on any atom is 0.328 e. The second-order valence-electron chi connectivity index (χ2n) is 6.21. The van der Waals surface area contributed by atoms with Crippen LogP contribution in [0.3, 0.4) is 0 Å². The number of hydrogen-bond donors (Lipinski definition) is 1. The molecule has 122 valence electrons. The van der Waals surface area contributed by atoms with Crippen molar-refractivity contribution >= 4 is 22.5 Å². The first kappa shape index (κ1) is 16.7. The second-order valence-corrected chi connectivity index (χ2v) is 6.21. The highest BCUT2D eigenvalue weighted by molar-refractivity contribution is 5.86. The Morgan fingerprint density at radius 1 is 1.13 bits per heavy atom. The van der Waals surface area contributed by atoms with Gasteiger partial charge in [-0.3, -0.25) is 24.3 Å². The Hall–Kier alpha value is -2.70. The van der Waals surface area contributed by atoms with Crippen LogP contribution in [0.2, 0.25) is 0 Å². The van der Waals surface area contributed by atoms with E-state index >= 15 is 0 Å². The molecule has 1 aromatic heterocycles. The van der Waals surface area contributed by atoms with Gasteiger partial charge in [0.05, 0.1) is 10.8 Å². The number of ether oxygens (including phenoxy) is 1. The van der Waals surface area contributed by atoms with Crippen molar-refractivity contribution in [2.75, 3.05) is 6.61 Å². The molecule has 1 aromatic carbocycles. The van der Waals surface area contributed by atoms with Crippen LogP contribution in [-0.4, -0.2) is 28.1 Å². The van der Waals surface area contributed by atoms with Crippen molar-refractivity contribution in [3.63, 3.8) is 0 Å². The monoisotopic (exact) mass is 318 g/mol. The molecule has 0 aliphatic rings. The summed E-state index contributed by atoms with van der Waals surface area (Å²) in [5.41, 5.74) is -1.59. The molecule has 0 atom stereocenters. The molecule has 2 rings (SSSR count). The van der Waals surface area contributed by atoms with Crippen LogP contribution in [-0.2, 0) is 20.9 Å². The van der Waals surface area contributed by atoms with Crippen molar-refractivity contribution in [3.8, 4) is 0 Å². The standard InChI is InChI=1S/C16H18N2O5/c1-16(2,3)12(19)9-23-13(20)8-18-15(22)11-7-5-4-6-10(11)14(21)17-18/h4-7H,8-9H2,1-3H3,(H,17,21). The number of carbonyl (C=O) groups excluding carboxylic acids is 2. The predicted molar refractivity (Wildman–Crippen MR) is 84.2 cm³/mol. The Labute approximate surface area is 131 Å². The molecule has 0 aliphatic heterocycles. The molecule has 0 radical (unpaired) electrons. The van der Waals surface area contributed by atoms with E-state index in [0.717, 1.165) is 4.68 Å². The van der Waals surface area contributed by atoms with Gasteiger partial charge in [-0.25, -0.2) is 4.68 Å². The van der Waals surface area contributed by atoms with Gasteiger partial charge in [-0.1, -0.05) is 32.9 Å². The summed E-state index contributed by atoms with van der Waals surface area (Å²) in [4.78, 5) is 47.6. The van der Waals surface area contributed by atoms with Crippen molar-refractivity contribution < 1.29 is 14.3 Å². The van der Waals surface area contributed by atoms with Crippen molar-refractivity contribution in [3.05, 3.63) is 45.0 Å². The molecule has 0 saturated heterocycles. The van der Waals surface area contributed by atoms with E-state index in [4.69, 9.17) is 4.74 Å². The van der Waals surface area contributed by atoms with E-state index in [9.17, 15) is 19.2 Å². The number of aromatic amines is 1.